The van der Waals surface area contributed by atoms with Crippen LogP contribution in [0, 0.1) is 11.8 Å². The van der Waals surface area contributed by atoms with E-state index in [0.717, 1.165) is 37.3 Å². The fourth-order valence-electron chi connectivity index (χ4n) is 2.75. The summed E-state index contributed by atoms with van der Waals surface area (Å²) in [4.78, 5) is 13.5. The normalized spacial score (nSPS) is 12.9. The molecule has 0 fully saturated rings. The highest BCUT2D eigenvalue weighted by molar-refractivity contribution is 5.88. The van der Waals surface area contributed by atoms with Gasteiger partial charge in [0, 0.05) is 32.2 Å². The highest BCUT2D eigenvalue weighted by Gasteiger charge is 2.13. The second-order valence-electron chi connectivity index (χ2n) is 7.15. The number of carbonyl (C=O) groups is 1. The van der Waals surface area contributed by atoms with E-state index in [2.05, 4.69) is 37.9 Å². The number of amides is 1. The van der Waals surface area contributed by atoms with E-state index in [1.807, 2.05) is 24.3 Å². The summed E-state index contributed by atoms with van der Waals surface area (Å²) in [6, 6.07) is 7.43. The Balaban J connectivity index is 2.56. The molecule has 0 heterocycles. The molecule has 0 aromatic heterocycles. The van der Waals surface area contributed by atoms with Crippen molar-refractivity contribution in [3.05, 3.63) is 29.8 Å². The van der Waals surface area contributed by atoms with Gasteiger partial charge >= 0.3 is 0 Å². The maximum Gasteiger partial charge on any atom is 0.221 e. The van der Waals surface area contributed by atoms with Crippen LogP contribution in [0.15, 0.2) is 24.3 Å². The molecule has 1 atom stereocenters. The van der Waals surface area contributed by atoms with Gasteiger partial charge in [0.25, 0.3) is 0 Å². The minimum atomic E-state index is -0.469. The molecule has 1 unspecified atom stereocenters. The van der Waals surface area contributed by atoms with Crippen LogP contribution < -0.4 is 5.32 Å². The molecular formula is C19H32N2O2. The van der Waals surface area contributed by atoms with Crippen LogP contribution in [-0.2, 0) is 4.79 Å². The van der Waals surface area contributed by atoms with Crippen molar-refractivity contribution in [1.82, 2.24) is 4.90 Å². The SMILES string of the molecule is CC(=O)Nc1ccc(C(O)CCN(CC(C)C)CC(C)C)cc1. The van der Waals surface area contributed by atoms with E-state index in [0.29, 0.717) is 11.8 Å². The zero-order valence-corrected chi connectivity index (χ0v) is 15.2. The third-order valence-electron chi connectivity index (χ3n) is 3.58. The van der Waals surface area contributed by atoms with E-state index in [1.54, 1.807) is 0 Å². The smallest absolute Gasteiger partial charge is 0.221 e. The number of nitrogens with zero attached hydrogens (tertiary/aromatic N) is 1. The fraction of sp³-hybridized carbons (Fsp3) is 0.632. The summed E-state index contributed by atoms with van der Waals surface area (Å²) in [6.07, 6.45) is 0.252. The lowest BCUT2D eigenvalue weighted by atomic mass is 10.0. The second-order valence-corrected chi connectivity index (χ2v) is 7.15. The van der Waals surface area contributed by atoms with Gasteiger partial charge in [0.15, 0.2) is 0 Å². The number of aliphatic hydroxyl groups excluding tert-OH is 1. The summed E-state index contributed by atoms with van der Waals surface area (Å²) in [6.45, 7) is 13.4. The van der Waals surface area contributed by atoms with Crippen LogP contribution in [0.2, 0.25) is 0 Å². The lowest BCUT2D eigenvalue weighted by molar-refractivity contribution is -0.114. The van der Waals surface area contributed by atoms with Gasteiger partial charge in [-0.3, -0.25) is 4.79 Å². The van der Waals surface area contributed by atoms with Crippen molar-refractivity contribution in [2.45, 2.75) is 47.1 Å². The first-order chi connectivity index (χ1) is 10.8. The second kappa shape index (κ2) is 9.68. The number of aliphatic hydroxyl groups is 1. The number of anilines is 1. The highest BCUT2D eigenvalue weighted by Crippen LogP contribution is 2.20. The first kappa shape index (κ1) is 19.7. The predicted molar refractivity (Wildman–Crippen MR) is 96.4 cm³/mol. The maximum atomic E-state index is 11.0. The molecule has 4 heteroatoms. The zero-order valence-electron chi connectivity index (χ0n) is 15.2. The fourth-order valence-corrected chi connectivity index (χ4v) is 2.75. The molecule has 0 saturated heterocycles. The standard InChI is InChI=1S/C19H32N2O2/c1-14(2)12-21(13-15(3)4)11-10-19(23)17-6-8-18(9-7-17)20-16(5)22/h6-9,14-15,19,23H,10-13H2,1-5H3,(H,20,22). The van der Waals surface area contributed by atoms with Crippen molar-refractivity contribution in [1.29, 1.82) is 0 Å². The number of benzene rings is 1. The molecule has 0 bridgehead atoms. The third kappa shape index (κ3) is 8.14. The van der Waals surface area contributed by atoms with E-state index >= 15 is 0 Å². The number of rotatable bonds is 9. The van der Waals surface area contributed by atoms with Crippen molar-refractivity contribution in [2.24, 2.45) is 11.8 Å². The van der Waals surface area contributed by atoms with Gasteiger partial charge in [0.05, 0.1) is 6.10 Å². The van der Waals surface area contributed by atoms with Crippen molar-refractivity contribution in [3.8, 4) is 0 Å². The Morgan fingerprint density at radius 2 is 1.61 bits per heavy atom. The molecule has 2 N–H and O–H groups in total. The molecule has 4 nitrogen and oxygen atoms in total. The molecule has 1 aromatic carbocycles. The summed E-state index contributed by atoms with van der Waals surface area (Å²) in [5.41, 5.74) is 1.66. The average Bonchev–Trinajstić information content (AvgIpc) is 2.43. The summed E-state index contributed by atoms with van der Waals surface area (Å²) < 4.78 is 0. The molecular weight excluding hydrogens is 288 g/mol. The average molecular weight is 320 g/mol. The summed E-state index contributed by atoms with van der Waals surface area (Å²) >= 11 is 0. The van der Waals surface area contributed by atoms with Crippen molar-refractivity contribution < 1.29 is 9.90 Å². The van der Waals surface area contributed by atoms with Crippen LogP contribution in [0.25, 0.3) is 0 Å². The number of nitrogens with one attached hydrogen (secondary N) is 1. The third-order valence-corrected chi connectivity index (χ3v) is 3.58. The maximum absolute atomic E-state index is 11.0. The van der Waals surface area contributed by atoms with Crippen molar-refractivity contribution in [3.63, 3.8) is 0 Å². The van der Waals surface area contributed by atoms with Gasteiger partial charge in [-0.1, -0.05) is 39.8 Å². The molecule has 0 aliphatic rings. The van der Waals surface area contributed by atoms with Crippen LogP contribution in [-0.4, -0.2) is 35.5 Å². The molecule has 0 aliphatic heterocycles. The largest absolute Gasteiger partial charge is 0.388 e. The van der Waals surface area contributed by atoms with Gasteiger partial charge in [0.1, 0.15) is 0 Å². The van der Waals surface area contributed by atoms with Crippen molar-refractivity contribution >= 4 is 11.6 Å². The molecule has 0 spiro atoms. The zero-order chi connectivity index (χ0) is 17.4. The Bertz CT molecular complexity index is 459. The van der Waals surface area contributed by atoms with E-state index in [1.165, 1.54) is 6.92 Å². The topological polar surface area (TPSA) is 52.6 Å². The van der Waals surface area contributed by atoms with Crippen LogP contribution in [0.4, 0.5) is 5.69 Å². The van der Waals surface area contributed by atoms with Crippen molar-refractivity contribution in [2.75, 3.05) is 25.0 Å². The Labute approximate surface area is 140 Å². The Kier molecular flexibility index (Phi) is 8.28. The van der Waals surface area contributed by atoms with E-state index in [4.69, 9.17) is 0 Å². The molecule has 1 rings (SSSR count). The van der Waals surface area contributed by atoms with Gasteiger partial charge < -0.3 is 15.3 Å². The first-order valence-corrected chi connectivity index (χ1v) is 8.56. The molecule has 130 valence electrons. The van der Waals surface area contributed by atoms with E-state index in [-0.39, 0.29) is 5.91 Å². The molecule has 0 aliphatic carbocycles. The summed E-state index contributed by atoms with van der Waals surface area (Å²) in [5, 5.41) is 13.1. The first-order valence-electron chi connectivity index (χ1n) is 8.56. The van der Waals surface area contributed by atoms with E-state index < -0.39 is 6.10 Å². The van der Waals surface area contributed by atoms with Gasteiger partial charge in [-0.05, 0) is 36.0 Å². The number of hydrogen-bond acceptors (Lipinski definition) is 3. The van der Waals surface area contributed by atoms with Crippen LogP contribution in [0.1, 0.15) is 52.7 Å². The number of carbonyl (C=O) groups excluding carboxylic acids is 1. The van der Waals surface area contributed by atoms with Crippen LogP contribution in [0.5, 0.6) is 0 Å². The molecule has 23 heavy (non-hydrogen) atoms. The van der Waals surface area contributed by atoms with Gasteiger partial charge in [-0.2, -0.15) is 0 Å². The van der Waals surface area contributed by atoms with Crippen LogP contribution >= 0.6 is 0 Å². The van der Waals surface area contributed by atoms with E-state index in [9.17, 15) is 9.90 Å². The quantitative estimate of drug-likeness (QED) is 0.730. The molecule has 1 aromatic rings. The van der Waals surface area contributed by atoms with Gasteiger partial charge in [-0.15, -0.1) is 0 Å². The predicted octanol–water partition coefficient (Wildman–Crippen LogP) is 3.68. The molecule has 1 amide bonds. The van der Waals surface area contributed by atoms with Gasteiger partial charge in [0.2, 0.25) is 5.91 Å². The minimum absolute atomic E-state index is 0.0867. The lowest BCUT2D eigenvalue weighted by Gasteiger charge is -2.27. The minimum Gasteiger partial charge on any atom is -0.388 e. The summed E-state index contributed by atoms with van der Waals surface area (Å²) in [7, 11) is 0. The van der Waals surface area contributed by atoms with Crippen LogP contribution in [0.3, 0.4) is 0 Å². The lowest BCUT2D eigenvalue weighted by Crippen LogP contribution is -2.33. The Hall–Kier alpha value is -1.39. The monoisotopic (exact) mass is 320 g/mol. The molecule has 0 radical (unpaired) electrons. The Morgan fingerprint density at radius 3 is 2.04 bits per heavy atom. The number of hydrogen-bond donors (Lipinski definition) is 2. The van der Waals surface area contributed by atoms with Gasteiger partial charge in [-0.25, -0.2) is 0 Å². The molecule has 0 saturated carbocycles. The Morgan fingerprint density at radius 1 is 1.09 bits per heavy atom. The highest BCUT2D eigenvalue weighted by atomic mass is 16.3. The summed E-state index contributed by atoms with van der Waals surface area (Å²) in [5.74, 6) is 1.17.